The minimum atomic E-state index is -0.0239. The van der Waals surface area contributed by atoms with Gasteiger partial charge in [0.1, 0.15) is 5.78 Å². The number of carbonyl (C=O) groups excluding carboxylic acids is 2. The van der Waals surface area contributed by atoms with Crippen LogP contribution >= 0.6 is 11.8 Å². The minimum absolute atomic E-state index is 0.0239. The van der Waals surface area contributed by atoms with Gasteiger partial charge >= 0.3 is 0 Å². The standard InChI is InChI=1S/C13H17NO2S/c1-10-4-3-5-12(8-10)14-13(16)9-17-7-6-11(2)15/h3-5,8H,6-7,9H2,1-2H3,(H,14,16). The summed E-state index contributed by atoms with van der Waals surface area (Å²) >= 11 is 1.48. The van der Waals surface area contributed by atoms with Crippen LogP contribution in [0.4, 0.5) is 5.69 Å². The summed E-state index contributed by atoms with van der Waals surface area (Å²) in [5.74, 6) is 1.23. The third-order valence-corrected chi connectivity index (χ3v) is 3.09. The number of anilines is 1. The smallest absolute Gasteiger partial charge is 0.234 e. The zero-order valence-corrected chi connectivity index (χ0v) is 11.0. The van der Waals surface area contributed by atoms with Crippen LogP contribution in [0.3, 0.4) is 0 Å². The lowest BCUT2D eigenvalue weighted by Crippen LogP contribution is -2.14. The van der Waals surface area contributed by atoms with Crippen LogP contribution in [0.25, 0.3) is 0 Å². The molecule has 0 saturated heterocycles. The summed E-state index contributed by atoms with van der Waals surface area (Å²) in [6.07, 6.45) is 0.530. The molecule has 3 nitrogen and oxygen atoms in total. The topological polar surface area (TPSA) is 46.2 Å². The van der Waals surface area contributed by atoms with Gasteiger partial charge in [-0.3, -0.25) is 9.59 Å². The number of ketones is 1. The molecule has 92 valence electrons. The number of aryl methyl sites for hydroxylation is 1. The van der Waals surface area contributed by atoms with Crippen molar-refractivity contribution < 1.29 is 9.59 Å². The number of hydrogen-bond donors (Lipinski definition) is 1. The molecule has 0 aliphatic rings. The number of rotatable bonds is 6. The van der Waals surface area contributed by atoms with E-state index >= 15 is 0 Å². The Kier molecular flexibility index (Phi) is 5.77. The zero-order valence-electron chi connectivity index (χ0n) is 10.2. The number of Topliss-reactive ketones (excluding diaryl/α,β-unsaturated/α-hetero) is 1. The molecule has 1 aromatic carbocycles. The quantitative estimate of drug-likeness (QED) is 0.791. The molecule has 0 bridgehead atoms. The van der Waals surface area contributed by atoms with Crippen LogP contribution in [0, 0.1) is 6.92 Å². The first-order valence-corrected chi connectivity index (χ1v) is 6.67. The molecule has 0 spiro atoms. The summed E-state index contributed by atoms with van der Waals surface area (Å²) in [7, 11) is 0. The molecule has 0 atom stereocenters. The first kappa shape index (κ1) is 13.8. The summed E-state index contributed by atoms with van der Waals surface area (Å²) in [6, 6.07) is 7.69. The highest BCUT2D eigenvalue weighted by atomic mass is 32.2. The predicted molar refractivity (Wildman–Crippen MR) is 72.4 cm³/mol. The average molecular weight is 251 g/mol. The first-order valence-electron chi connectivity index (χ1n) is 5.51. The van der Waals surface area contributed by atoms with E-state index in [1.54, 1.807) is 6.92 Å². The Hall–Kier alpha value is -1.29. The minimum Gasteiger partial charge on any atom is -0.325 e. The van der Waals surface area contributed by atoms with Gasteiger partial charge in [-0.05, 0) is 31.5 Å². The Balaban J connectivity index is 2.27. The van der Waals surface area contributed by atoms with Crippen molar-refractivity contribution in [2.24, 2.45) is 0 Å². The van der Waals surface area contributed by atoms with Crippen LogP contribution in [-0.2, 0) is 9.59 Å². The molecule has 1 amide bonds. The second kappa shape index (κ2) is 7.12. The summed E-state index contributed by atoms with van der Waals surface area (Å²) in [5, 5.41) is 2.83. The van der Waals surface area contributed by atoms with Crippen LogP contribution in [0.1, 0.15) is 18.9 Å². The van der Waals surface area contributed by atoms with Crippen LogP contribution < -0.4 is 5.32 Å². The zero-order chi connectivity index (χ0) is 12.7. The highest BCUT2D eigenvalue weighted by Gasteiger charge is 2.03. The molecule has 17 heavy (non-hydrogen) atoms. The van der Waals surface area contributed by atoms with Gasteiger partial charge in [0.25, 0.3) is 0 Å². The van der Waals surface area contributed by atoms with E-state index < -0.39 is 0 Å². The maximum absolute atomic E-state index is 11.6. The molecule has 0 radical (unpaired) electrons. The third kappa shape index (κ3) is 6.12. The molecule has 0 saturated carbocycles. The second-order valence-electron chi connectivity index (χ2n) is 3.92. The van der Waals surface area contributed by atoms with Crippen LogP contribution in [0.15, 0.2) is 24.3 Å². The monoisotopic (exact) mass is 251 g/mol. The van der Waals surface area contributed by atoms with Gasteiger partial charge in [-0.1, -0.05) is 12.1 Å². The molecular weight excluding hydrogens is 234 g/mol. The number of hydrogen-bond acceptors (Lipinski definition) is 3. The van der Waals surface area contributed by atoms with Gasteiger partial charge < -0.3 is 5.32 Å². The lowest BCUT2D eigenvalue weighted by atomic mass is 10.2. The van der Waals surface area contributed by atoms with Crippen molar-refractivity contribution in [3.63, 3.8) is 0 Å². The predicted octanol–water partition coefficient (Wildman–Crippen LogP) is 2.65. The molecule has 1 rings (SSSR count). The summed E-state index contributed by atoms with van der Waals surface area (Å²) in [4.78, 5) is 22.3. The second-order valence-corrected chi connectivity index (χ2v) is 5.03. The van der Waals surface area contributed by atoms with Crippen molar-refractivity contribution in [3.05, 3.63) is 29.8 Å². The first-order chi connectivity index (χ1) is 8.08. The normalized spacial score (nSPS) is 10.0. The van der Waals surface area contributed by atoms with E-state index in [1.165, 1.54) is 11.8 Å². The summed E-state index contributed by atoms with van der Waals surface area (Å²) in [5.41, 5.74) is 1.94. The molecule has 0 aliphatic heterocycles. The fraction of sp³-hybridized carbons (Fsp3) is 0.385. The van der Waals surface area contributed by atoms with E-state index in [-0.39, 0.29) is 11.7 Å². The SMILES string of the molecule is CC(=O)CCSCC(=O)Nc1cccc(C)c1. The number of thioether (sulfide) groups is 1. The van der Waals surface area contributed by atoms with Crippen molar-refractivity contribution in [1.29, 1.82) is 0 Å². The Morgan fingerprint density at radius 2 is 2.12 bits per heavy atom. The number of nitrogens with one attached hydrogen (secondary N) is 1. The largest absolute Gasteiger partial charge is 0.325 e. The van der Waals surface area contributed by atoms with E-state index in [2.05, 4.69) is 5.32 Å². The summed E-state index contributed by atoms with van der Waals surface area (Å²) in [6.45, 7) is 3.55. The number of amides is 1. The number of carbonyl (C=O) groups is 2. The van der Waals surface area contributed by atoms with Gasteiger partial charge in [0, 0.05) is 17.9 Å². The fourth-order valence-corrected chi connectivity index (χ4v) is 2.13. The average Bonchev–Trinajstić information content (AvgIpc) is 2.24. The molecule has 0 aromatic heterocycles. The lowest BCUT2D eigenvalue weighted by molar-refractivity contribution is -0.116. The van der Waals surface area contributed by atoms with Gasteiger partial charge in [-0.25, -0.2) is 0 Å². The molecule has 0 fully saturated rings. The van der Waals surface area contributed by atoms with Gasteiger partial charge in [-0.2, -0.15) is 11.8 Å². The van der Waals surface area contributed by atoms with Gasteiger partial charge in [-0.15, -0.1) is 0 Å². The number of benzene rings is 1. The van der Waals surface area contributed by atoms with E-state index in [0.717, 1.165) is 11.3 Å². The van der Waals surface area contributed by atoms with Gasteiger partial charge in [0.15, 0.2) is 0 Å². The van der Waals surface area contributed by atoms with Gasteiger partial charge in [0.05, 0.1) is 5.75 Å². The van der Waals surface area contributed by atoms with Gasteiger partial charge in [0.2, 0.25) is 5.91 Å². The fourth-order valence-electron chi connectivity index (χ4n) is 1.30. The Labute approximate surface area is 106 Å². The van der Waals surface area contributed by atoms with Crippen LogP contribution in [0.2, 0.25) is 0 Å². The highest BCUT2D eigenvalue weighted by molar-refractivity contribution is 7.99. The van der Waals surface area contributed by atoms with Crippen molar-refractivity contribution >= 4 is 29.1 Å². The molecule has 0 aliphatic carbocycles. The van der Waals surface area contributed by atoms with Crippen molar-refractivity contribution in [3.8, 4) is 0 Å². The van der Waals surface area contributed by atoms with E-state index in [9.17, 15) is 9.59 Å². The maximum atomic E-state index is 11.6. The maximum Gasteiger partial charge on any atom is 0.234 e. The lowest BCUT2D eigenvalue weighted by Gasteiger charge is -2.05. The Morgan fingerprint density at radius 3 is 2.76 bits per heavy atom. The van der Waals surface area contributed by atoms with Crippen LogP contribution in [-0.4, -0.2) is 23.2 Å². The Bertz CT molecular complexity index is 404. The van der Waals surface area contributed by atoms with E-state index in [1.807, 2.05) is 31.2 Å². The molecule has 0 heterocycles. The molecule has 1 aromatic rings. The van der Waals surface area contributed by atoms with Crippen molar-refractivity contribution in [2.75, 3.05) is 16.8 Å². The summed E-state index contributed by atoms with van der Waals surface area (Å²) < 4.78 is 0. The van der Waals surface area contributed by atoms with Crippen molar-refractivity contribution in [1.82, 2.24) is 0 Å². The molecule has 4 heteroatoms. The highest BCUT2D eigenvalue weighted by Crippen LogP contribution is 2.10. The van der Waals surface area contributed by atoms with Crippen molar-refractivity contribution in [2.45, 2.75) is 20.3 Å². The molecular formula is C13H17NO2S. The van der Waals surface area contributed by atoms with Crippen LogP contribution in [0.5, 0.6) is 0 Å². The third-order valence-electron chi connectivity index (χ3n) is 2.13. The molecule has 0 unspecified atom stereocenters. The van der Waals surface area contributed by atoms with E-state index in [0.29, 0.717) is 17.9 Å². The molecule has 1 N–H and O–H groups in total. The Morgan fingerprint density at radius 1 is 1.35 bits per heavy atom. The van der Waals surface area contributed by atoms with E-state index in [4.69, 9.17) is 0 Å².